The van der Waals surface area contributed by atoms with Gasteiger partial charge in [0.15, 0.2) is 0 Å². The fourth-order valence-electron chi connectivity index (χ4n) is 3.00. The molecular formula is C17H28N2O. The summed E-state index contributed by atoms with van der Waals surface area (Å²) in [7, 11) is 0. The summed E-state index contributed by atoms with van der Waals surface area (Å²) in [5, 5.41) is 10.3. The highest BCUT2D eigenvalue weighted by molar-refractivity contribution is 5.23. The van der Waals surface area contributed by atoms with Gasteiger partial charge >= 0.3 is 0 Å². The predicted octanol–water partition coefficient (Wildman–Crippen LogP) is 2.44. The van der Waals surface area contributed by atoms with Crippen LogP contribution < -0.4 is 0 Å². The number of likely N-dealkylation sites (N-methyl/N-ethyl adjacent to an activating group) is 1. The first-order chi connectivity index (χ1) is 9.60. The fourth-order valence-corrected chi connectivity index (χ4v) is 3.00. The largest absolute Gasteiger partial charge is 0.388 e. The minimum Gasteiger partial charge on any atom is -0.388 e. The lowest BCUT2D eigenvalue weighted by atomic mass is 10.0. The number of aryl methyl sites for hydroxylation is 1. The van der Waals surface area contributed by atoms with E-state index in [4.69, 9.17) is 0 Å². The molecule has 3 nitrogen and oxygen atoms in total. The van der Waals surface area contributed by atoms with Crippen molar-refractivity contribution in [3.8, 4) is 0 Å². The first-order valence-electron chi connectivity index (χ1n) is 7.81. The summed E-state index contributed by atoms with van der Waals surface area (Å²) in [6.07, 6.45) is 0.483. The van der Waals surface area contributed by atoms with E-state index in [-0.39, 0.29) is 6.10 Å². The maximum atomic E-state index is 10.3. The molecule has 1 saturated heterocycles. The number of hydrogen-bond acceptors (Lipinski definition) is 3. The molecule has 0 bridgehead atoms. The molecule has 1 aromatic carbocycles. The Hall–Kier alpha value is -0.900. The summed E-state index contributed by atoms with van der Waals surface area (Å²) in [5.41, 5.74) is 2.28. The molecular weight excluding hydrogens is 248 g/mol. The third-order valence-electron chi connectivity index (χ3n) is 4.44. The quantitative estimate of drug-likeness (QED) is 0.895. The van der Waals surface area contributed by atoms with Crippen molar-refractivity contribution in [2.24, 2.45) is 0 Å². The second-order valence-electron chi connectivity index (χ2n) is 5.99. The van der Waals surface area contributed by atoms with E-state index in [1.54, 1.807) is 0 Å². The zero-order valence-electron chi connectivity index (χ0n) is 13.0. The van der Waals surface area contributed by atoms with Gasteiger partial charge in [-0.05, 0) is 32.4 Å². The van der Waals surface area contributed by atoms with Gasteiger partial charge in [-0.15, -0.1) is 0 Å². The Morgan fingerprint density at radius 1 is 1.25 bits per heavy atom. The van der Waals surface area contributed by atoms with Crippen LogP contribution in [0.3, 0.4) is 0 Å². The average Bonchev–Trinajstić information content (AvgIpc) is 2.45. The lowest BCUT2D eigenvalue weighted by Gasteiger charge is -2.39. The first-order valence-corrected chi connectivity index (χ1v) is 7.81. The predicted molar refractivity (Wildman–Crippen MR) is 83.9 cm³/mol. The van der Waals surface area contributed by atoms with Crippen molar-refractivity contribution in [2.75, 3.05) is 32.7 Å². The van der Waals surface area contributed by atoms with Gasteiger partial charge in [0.05, 0.1) is 6.10 Å². The first kappa shape index (κ1) is 15.5. The van der Waals surface area contributed by atoms with Gasteiger partial charge < -0.3 is 10.0 Å². The van der Waals surface area contributed by atoms with Crippen LogP contribution in [0.5, 0.6) is 0 Å². The number of hydrogen-bond donors (Lipinski definition) is 1. The normalized spacial score (nSPS) is 22.9. The van der Waals surface area contributed by atoms with Gasteiger partial charge in [0.1, 0.15) is 0 Å². The van der Waals surface area contributed by atoms with Crippen LogP contribution in [0.1, 0.15) is 37.5 Å². The van der Waals surface area contributed by atoms with Gasteiger partial charge in [0, 0.05) is 32.2 Å². The number of rotatable bonds is 5. The second kappa shape index (κ2) is 7.21. The maximum absolute atomic E-state index is 10.3. The van der Waals surface area contributed by atoms with Crippen LogP contribution in [0.15, 0.2) is 24.3 Å². The minimum absolute atomic E-state index is 0.338. The molecule has 1 aliphatic heterocycles. The molecule has 0 amide bonds. The molecule has 112 valence electrons. The van der Waals surface area contributed by atoms with Gasteiger partial charge in [-0.25, -0.2) is 0 Å². The van der Waals surface area contributed by atoms with Crippen molar-refractivity contribution in [3.63, 3.8) is 0 Å². The summed E-state index contributed by atoms with van der Waals surface area (Å²) in [6.45, 7) is 12.1. The zero-order chi connectivity index (χ0) is 14.5. The third kappa shape index (κ3) is 4.05. The van der Waals surface area contributed by atoms with Crippen molar-refractivity contribution < 1.29 is 5.11 Å². The van der Waals surface area contributed by atoms with E-state index in [2.05, 4.69) is 42.7 Å². The lowest BCUT2D eigenvalue weighted by Crippen LogP contribution is -2.51. The highest BCUT2D eigenvalue weighted by atomic mass is 16.3. The Morgan fingerprint density at radius 3 is 2.55 bits per heavy atom. The van der Waals surface area contributed by atoms with E-state index in [0.29, 0.717) is 6.04 Å². The minimum atomic E-state index is -0.338. The topological polar surface area (TPSA) is 26.7 Å². The zero-order valence-corrected chi connectivity index (χ0v) is 13.0. The second-order valence-corrected chi connectivity index (χ2v) is 5.99. The Kier molecular flexibility index (Phi) is 5.58. The number of nitrogens with zero attached hydrogens (tertiary/aromatic N) is 2. The number of piperazine rings is 1. The van der Waals surface area contributed by atoms with Gasteiger partial charge in [0.25, 0.3) is 0 Å². The molecule has 1 fully saturated rings. The fraction of sp³-hybridized carbons (Fsp3) is 0.647. The number of aliphatic hydroxyl groups excluding tert-OH is 1. The van der Waals surface area contributed by atoms with Crippen LogP contribution in [-0.2, 0) is 0 Å². The molecule has 1 N–H and O–H groups in total. The van der Waals surface area contributed by atoms with E-state index in [1.165, 1.54) is 5.56 Å². The summed E-state index contributed by atoms with van der Waals surface area (Å²) < 4.78 is 0. The summed E-state index contributed by atoms with van der Waals surface area (Å²) in [6, 6.07) is 8.85. The standard InChI is InChI=1S/C17H28N2O/c1-4-19-12-11-18(13-15(19)3)10-9-17(20)16-7-5-14(2)6-8-16/h5-8,15,17,20H,4,9-13H2,1-3H3. The van der Waals surface area contributed by atoms with Gasteiger partial charge in [-0.1, -0.05) is 36.8 Å². The Bertz CT molecular complexity index is 404. The van der Waals surface area contributed by atoms with Crippen LogP contribution >= 0.6 is 0 Å². The van der Waals surface area contributed by atoms with Crippen LogP contribution in [0.2, 0.25) is 0 Å². The molecule has 1 heterocycles. The smallest absolute Gasteiger partial charge is 0.0802 e. The summed E-state index contributed by atoms with van der Waals surface area (Å²) >= 11 is 0. The van der Waals surface area contributed by atoms with Crippen molar-refractivity contribution in [1.29, 1.82) is 0 Å². The van der Waals surface area contributed by atoms with Crippen LogP contribution in [0, 0.1) is 6.92 Å². The molecule has 0 saturated carbocycles. The van der Waals surface area contributed by atoms with Crippen LogP contribution in [0.4, 0.5) is 0 Å². The van der Waals surface area contributed by atoms with Gasteiger partial charge in [-0.2, -0.15) is 0 Å². The molecule has 0 aromatic heterocycles. The molecule has 2 rings (SSSR count). The SMILES string of the molecule is CCN1CCN(CCC(O)c2ccc(C)cc2)CC1C. The Balaban J connectivity index is 1.79. The monoisotopic (exact) mass is 276 g/mol. The molecule has 2 unspecified atom stereocenters. The molecule has 1 aromatic rings. The maximum Gasteiger partial charge on any atom is 0.0802 e. The lowest BCUT2D eigenvalue weighted by molar-refractivity contribution is 0.0719. The van der Waals surface area contributed by atoms with Crippen molar-refractivity contribution in [3.05, 3.63) is 35.4 Å². The van der Waals surface area contributed by atoms with E-state index in [9.17, 15) is 5.11 Å². The summed E-state index contributed by atoms with van der Waals surface area (Å²) in [5.74, 6) is 0. The summed E-state index contributed by atoms with van der Waals surface area (Å²) in [4.78, 5) is 5.00. The highest BCUT2D eigenvalue weighted by Crippen LogP contribution is 2.18. The Morgan fingerprint density at radius 2 is 1.95 bits per heavy atom. The molecule has 0 radical (unpaired) electrons. The van der Waals surface area contributed by atoms with Crippen LogP contribution in [-0.4, -0.2) is 53.7 Å². The van der Waals surface area contributed by atoms with Crippen molar-refractivity contribution in [2.45, 2.75) is 39.3 Å². The average molecular weight is 276 g/mol. The van der Waals surface area contributed by atoms with E-state index < -0.39 is 0 Å². The highest BCUT2D eigenvalue weighted by Gasteiger charge is 2.22. The molecule has 0 spiro atoms. The van der Waals surface area contributed by atoms with Crippen molar-refractivity contribution >= 4 is 0 Å². The molecule has 20 heavy (non-hydrogen) atoms. The number of aliphatic hydroxyl groups is 1. The molecule has 1 aliphatic rings. The third-order valence-corrected chi connectivity index (χ3v) is 4.44. The molecule has 2 atom stereocenters. The number of benzene rings is 1. The van der Waals surface area contributed by atoms with Crippen LogP contribution in [0.25, 0.3) is 0 Å². The van der Waals surface area contributed by atoms with E-state index >= 15 is 0 Å². The molecule has 0 aliphatic carbocycles. The van der Waals surface area contributed by atoms with E-state index in [0.717, 1.165) is 44.7 Å². The Labute approximate surface area is 123 Å². The van der Waals surface area contributed by atoms with Gasteiger partial charge in [-0.3, -0.25) is 4.90 Å². The van der Waals surface area contributed by atoms with Crippen molar-refractivity contribution in [1.82, 2.24) is 9.80 Å². The van der Waals surface area contributed by atoms with Gasteiger partial charge in [0.2, 0.25) is 0 Å². The molecule has 3 heteroatoms. The van der Waals surface area contributed by atoms with E-state index in [1.807, 2.05) is 12.1 Å².